The van der Waals surface area contributed by atoms with Crippen LogP contribution in [0.5, 0.6) is 0 Å². The molecule has 0 bridgehead atoms. The molecule has 0 aromatic heterocycles. The van der Waals surface area contributed by atoms with Crippen LogP contribution in [0.1, 0.15) is 52.9 Å². The molecule has 0 saturated heterocycles. The second-order valence-electron chi connectivity index (χ2n) is 6.43. The lowest BCUT2D eigenvalue weighted by molar-refractivity contribution is -0.702. The minimum Gasteiger partial charge on any atom is -0.341 e. The molecule has 122 valence electrons. The molecule has 0 aromatic carbocycles. The summed E-state index contributed by atoms with van der Waals surface area (Å²) in [6.07, 6.45) is 4.33. The van der Waals surface area contributed by atoms with E-state index in [-0.39, 0.29) is 17.9 Å². The number of nitrogens with zero attached hydrogens (tertiary/aromatic N) is 4. The van der Waals surface area contributed by atoms with E-state index in [0.717, 1.165) is 32.2 Å². The van der Waals surface area contributed by atoms with Crippen molar-refractivity contribution < 1.29 is 5.32 Å². The molecule has 23 heavy (non-hydrogen) atoms. The minimum atomic E-state index is -1.56. The molecule has 0 heterocycles. The minimum absolute atomic E-state index is 0.0328. The Balaban J connectivity index is 3.49. The summed E-state index contributed by atoms with van der Waals surface area (Å²) in [6, 6.07) is 8.14. The Morgan fingerprint density at radius 3 is 1.83 bits per heavy atom. The van der Waals surface area contributed by atoms with Gasteiger partial charge in [-0.2, -0.15) is 21.0 Å². The topological polar surface area (TPSA) is 112 Å². The zero-order valence-electron chi connectivity index (χ0n) is 14.3. The van der Waals surface area contributed by atoms with Crippen LogP contribution in [-0.4, -0.2) is 12.6 Å². The summed E-state index contributed by atoms with van der Waals surface area (Å²) in [5.74, 6) is -0.194. The van der Waals surface area contributed by atoms with Gasteiger partial charge in [0.1, 0.15) is 6.04 Å². The van der Waals surface area contributed by atoms with Crippen molar-refractivity contribution in [2.24, 2.45) is 22.7 Å². The lowest BCUT2D eigenvalue weighted by atomic mass is 9.63. The number of hydrogen-bond acceptors (Lipinski definition) is 4. The average Bonchev–Trinajstić information content (AvgIpc) is 2.81. The first-order valence-electron chi connectivity index (χ1n) is 8.57. The van der Waals surface area contributed by atoms with Gasteiger partial charge in [0.2, 0.25) is 5.41 Å². The molecule has 1 fully saturated rings. The highest BCUT2D eigenvalue weighted by molar-refractivity contribution is 5.41. The van der Waals surface area contributed by atoms with Crippen molar-refractivity contribution in [2.45, 2.75) is 58.9 Å². The second kappa shape index (κ2) is 7.97. The quantitative estimate of drug-likeness (QED) is 0.726. The summed E-state index contributed by atoms with van der Waals surface area (Å²) in [5, 5.41) is 41.4. The monoisotopic (exact) mass is 312 g/mol. The van der Waals surface area contributed by atoms with Crippen molar-refractivity contribution in [1.29, 1.82) is 21.0 Å². The fraction of sp³-hybridized carbons (Fsp3) is 0.778. The Morgan fingerprint density at radius 1 is 0.870 bits per heavy atom. The fourth-order valence-electron chi connectivity index (χ4n) is 4.30. The van der Waals surface area contributed by atoms with Crippen LogP contribution in [0.2, 0.25) is 0 Å². The van der Waals surface area contributed by atoms with Gasteiger partial charge in [-0.15, -0.1) is 0 Å². The molecule has 5 nitrogen and oxygen atoms in total. The number of rotatable bonds is 7. The summed E-state index contributed by atoms with van der Waals surface area (Å²) < 4.78 is 0. The molecule has 0 radical (unpaired) electrons. The molecule has 1 saturated carbocycles. The van der Waals surface area contributed by atoms with Gasteiger partial charge < -0.3 is 5.32 Å². The smallest absolute Gasteiger partial charge is 0.226 e. The largest absolute Gasteiger partial charge is 0.341 e. The Labute approximate surface area is 139 Å². The van der Waals surface area contributed by atoms with Crippen molar-refractivity contribution in [2.75, 3.05) is 6.54 Å². The predicted molar refractivity (Wildman–Crippen MR) is 85.0 cm³/mol. The van der Waals surface area contributed by atoms with Crippen LogP contribution in [0.4, 0.5) is 0 Å². The normalized spacial score (nSPS) is 27.3. The van der Waals surface area contributed by atoms with Crippen LogP contribution < -0.4 is 5.32 Å². The van der Waals surface area contributed by atoms with Crippen LogP contribution in [0.15, 0.2) is 0 Å². The Kier molecular flexibility index (Phi) is 6.57. The van der Waals surface area contributed by atoms with Crippen LogP contribution in [-0.2, 0) is 0 Å². The summed E-state index contributed by atoms with van der Waals surface area (Å²) >= 11 is 0. The molecule has 0 aromatic rings. The lowest BCUT2D eigenvalue weighted by Gasteiger charge is -2.29. The van der Waals surface area contributed by atoms with Crippen molar-refractivity contribution >= 4 is 0 Å². The van der Waals surface area contributed by atoms with E-state index in [4.69, 9.17) is 0 Å². The molecule has 2 N–H and O–H groups in total. The third-order valence-electron chi connectivity index (χ3n) is 5.41. The van der Waals surface area contributed by atoms with Gasteiger partial charge in [-0.1, -0.05) is 33.6 Å². The molecule has 3 atom stereocenters. The maximum atomic E-state index is 9.85. The average molecular weight is 312 g/mol. The lowest BCUT2D eigenvalue weighted by Crippen LogP contribution is -2.94. The van der Waals surface area contributed by atoms with Gasteiger partial charge in [0, 0.05) is 11.8 Å². The number of nitrogens with two attached hydrogens (primary N) is 1. The van der Waals surface area contributed by atoms with Gasteiger partial charge in [-0.05, 0) is 19.3 Å². The fourth-order valence-corrected chi connectivity index (χ4v) is 4.30. The zero-order chi connectivity index (χ0) is 17.5. The summed E-state index contributed by atoms with van der Waals surface area (Å²) in [5.41, 5.74) is -3.11. The maximum absolute atomic E-state index is 9.85. The third kappa shape index (κ3) is 2.67. The molecule has 0 unspecified atom stereocenters. The third-order valence-corrected chi connectivity index (χ3v) is 5.41. The van der Waals surface area contributed by atoms with Crippen LogP contribution in [0, 0.1) is 68.0 Å². The predicted octanol–water partition coefficient (Wildman–Crippen LogP) is 2.24. The van der Waals surface area contributed by atoms with E-state index >= 15 is 0 Å². The summed E-state index contributed by atoms with van der Waals surface area (Å²) in [4.78, 5) is 0. The van der Waals surface area contributed by atoms with Gasteiger partial charge in [0.05, 0.1) is 30.8 Å². The van der Waals surface area contributed by atoms with Gasteiger partial charge in [-0.3, -0.25) is 0 Å². The van der Waals surface area contributed by atoms with E-state index in [2.05, 4.69) is 31.2 Å². The standard InChI is InChI=1S/C18H25N5/c1-4-7-9-23-16-14(6-3)15(8-5-2)17(10-19,11-20)18(16,12-21)13-22/h14-16,23H,4-9H2,1-3H3/p+1/t14-,15+,16-/m1/s1. The second-order valence-corrected chi connectivity index (χ2v) is 6.43. The molecular weight excluding hydrogens is 286 g/mol. The molecule has 0 aliphatic heterocycles. The first-order valence-corrected chi connectivity index (χ1v) is 8.57. The van der Waals surface area contributed by atoms with Crippen molar-refractivity contribution in [3.8, 4) is 24.3 Å². The van der Waals surface area contributed by atoms with Crippen LogP contribution in [0.3, 0.4) is 0 Å². The first kappa shape index (κ1) is 19.0. The van der Waals surface area contributed by atoms with Crippen LogP contribution >= 0.6 is 0 Å². The van der Waals surface area contributed by atoms with Crippen molar-refractivity contribution in [1.82, 2.24) is 0 Å². The molecule has 0 amide bonds. The van der Waals surface area contributed by atoms with Gasteiger partial charge in [0.15, 0.2) is 5.41 Å². The highest BCUT2D eigenvalue weighted by Gasteiger charge is 2.73. The van der Waals surface area contributed by atoms with Gasteiger partial charge >= 0.3 is 0 Å². The molecule has 1 aliphatic carbocycles. The van der Waals surface area contributed by atoms with E-state index in [1.165, 1.54) is 0 Å². The number of hydrogen-bond donors (Lipinski definition) is 1. The summed E-state index contributed by atoms with van der Waals surface area (Å²) in [6.45, 7) is 6.95. The molecule has 0 spiro atoms. The Bertz CT molecular complexity index is 540. The van der Waals surface area contributed by atoms with E-state index in [1.54, 1.807) is 0 Å². The van der Waals surface area contributed by atoms with E-state index in [1.807, 2.05) is 19.2 Å². The molecule has 1 aliphatic rings. The number of quaternary nitrogens is 1. The van der Waals surface area contributed by atoms with E-state index in [9.17, 15) is 21.0 Å². The van der Waals surface area contributed by atoms with Crippen molar-refractivity contribution in [3.63, 3.8) is 0 Å². The highest BCUT2D eigenvalue weighted by Crippen LogP contribution is 2.59. The molecule has 5 heteroatoms. The van der Waals surface area contributed by atoms with Crippen LogP contribution in [0.25, 0.3) is 0 Å². The maximum Gasteiger partial charge on any atom is 0.226 e. The SMILES string of the molecule is CCCC[NH2+][C@@H]1[C@H](CC)[C@H](CCC)C(C#N)(C#N)C1(C#N)C#N. The number of nitriles is 4. The molecular formula is C18H26N5+. The number of unbranched alkanes of at least 4 members (excludes halogenated alkanes) is 1. The summed E-state index contributed by atoms with van der Waals surface area (Å²) in [7, 11) is 0. The van der Waals surface area contributed by atoms with Gasteiger partial charge in [0.25, 0.3) is 0 Å². The molecule has 1 rings (SSSR count). The Hall–Kier alpha value is -2.08. The Morgan fingerprint density at radius 2 is 1.43 bits per heavy atom. The van der Waals surface area contributed by atoms with Crippen molar-refractivity contribution in [3.05, 3.63) is 0 Å². The first-order chi connectivity index (χ1) is 11.1. The zero-order valence-corrected chi connectivity index (χ0v) is 14.3. The van der Waals surface area contributed by atoms with E-state index < -0.39 is 10.8 Å². The highest BCUT2D eigenvalue weighted by atomic mass is 15.0. The van der Waals surface area contributed by atoms with E-state index in [0.29, 0.717) is 6.42 Å². The van der Waals surface area contributed by atoms with Gasteiger partial charge in [-0.25, -0.2) is 0 Å².